The highest BCUT2D eigenvalue weighted by Crippen LogP contribution is 2.15. The number of ether oxygens (including phenoxy) is 1. The van der Waals surface area contributed by atoms with Crippen molar-refractivity contribution in [1.29, 1.82) is 0 Å². The highest BCUT2D eigenvalue weighted by molar-refractivity contribution is 4.76. The second-order valence-electron chi connectivity index (χ2n) is 5.15. The fourth-order valence-corrected chi connectivity index (χ4v) is 2.55. The summed E-state index contributed by atoms with van der Waals surface area (Å²) >= 11 is 0. The Hall–Kier alpha value is -0.0800. The van der Waals surface area contributed by atoms with Gasteiger partial charge in [0, 0.05) is 12.6 Å². The summed E-state index contributed by atoms with van der Waals surface area (Å²) in [5, 5.41) is 3.62. The van der Waals surface area contributed by atoms with E-state index in [0.717, 1.165) is 13.2 Å². The molecule has 0 aromatic rings. The number of nitrogens with one attached hydrogen (secondary N) is 1. The smallest absolute Gasteiger partial charge is 0.0727 e. The third kappa shape index (κ3) is 8.93. The quantitative estimate of drug-likeness (QED) is 0.489. The van der Waals surface area contributed by atoms with E-state index in [2.05, 4.69) is 33.0 Å². The highest BCUT2D eigenvalue weighted by Gasteiger charge is 2.19. The summed E-state index contributed by atoms with van der Waals surface area (Å²) in [5.74, 6) is 0. The van der Waals surface area contributed by atoms with Gasteiger partial charge in [-0.1, -0.05) is 59.3 Å². The first-order valence-corrected chi connectivity index (χ1v) is 8.14. The zero-order valence-electron chi connectivity index (χ0n) is 13.1. The van der Waals surface area contributed by atoms with Crippen molar-refractivity contribution >= 4 is 0 Å². The Morgan fingerprint density at radius 2 is 1.56 bits per heavy atom. The van der Waals surface area contributed by atoms with Crippen LogP contribution >= 0.6 is 0 Å². The minimum atomic E-state index is 0.408. The normalized spacial score (nSPS) is 14.7. The van der Waals surface area contributed by atoms with Gasteiger partial charge < -0.3 is 10.1 Å². The zero-order chi connectivity index (χ0) is 13.6. The molecule has 0 saturated carbocycles. The van der Waals surface area contributed by atoms with E-state index in [9.17, 15) is 0 Å². The van der Waals surface area contributed by atoms with Gasteiger partial charge in [-0.15, -0.1) is 0 Å². The third-order valence-corrected chi connectivity index (χ3v) is 3.49. The molecule has 18 heavy (non-hydrogen) atoms. The van der Waals surface area contributed by atoms with Gasteiger partial charge in [0.1, 0.15) is 0 Å². The largest absolute Gasteiger partial charge is 0.377 e. The van der Waals surface area contributed by atoms with Crippen LogP contribution in [0.2, 0.25) is 0 Å². The molecule has 110 valence electrons. The fraction of sp³-hybridized carbons (Fsp3) is 1.00. The summed E-state index contributed by atoms with van der Waals surface area (Å²) in [7, 11) is 0. The highest BCUT2D eigenvalue weighted by atomic mass is 16.5. The van der Waals surface area contributed by atoms with Gasteiger partial charge in [-0.2, -0.15) is 0 Å². The van der Waals surface area contributed by atoms with E-state index in [1.54, 1.807) is 0 Å². The van der Waals surface area contributed by atoms with E-state index in [1.165, 1.54) is 51.4 Å². The molecule has 1 N–H and O–H groups in total. The number of hydrogen-bond acceptors (Lipinski definition) is 2. The van der Waals surface area contributed by atoms with Gasteiger partial charge in [0.05, 0.1) is 6.10 Å². The summed E-state index contributed by atoms with van der Waals surface area (Å²) in [6, 6.07) is 0.552. The molecular weight excluding hydrogens is 222 g/mol. The second-order valence-corrected chi connectivity index (χ2v) is 5.15. The van der Waals surface area contributed by atoms with Crippen molar-refractivity contribution < 1.29 is 4.74 Å². The Labute approximate surface area is 115 Å². The molecular formula is C16H35NO. The average molecular weight is 257 g/mol. The maximum absolute atomic E-state index is 5.91. The van der Waals surface area contributed by atoms with Crippen molar-refractivity contribution in [2.24, 2.45) is 0 Å². The summed E-state index contributed by atoms with van der Waals surface area (Å²) < 4.78 is 5.91. The molecule has 0 aliphatic carbocycles. The van der Waals surface area contributed by atoms with E-state index >= 15 is 0 Å². The predicted molar refractivity (Wildman–Crippen MR) is 81.2 cm³/mol. The topological polar surface area (TPSA) is 21.3 Å². The molecule has 0 heterocycles. The van der Waals surface area contributed by atoms with Crippen molar-refractivity contribution in [3.8, 4) is 0 Å². The molecule has 0 aromatic heterocycles. The third-order valence-electron chi connectivity index (χ3n) is 3.49. The van der Waals surface area contributed by atoms with Crippen LogP contribution in [-0.2, 0) is 4.74 Å². The molecule has 0 rings (SSSR count). The number of hydrogen-bond donors (Lipinski definition) is 1. The number of rotatable bonds is 13. The maximum atomic E-state index is 5.91. The van der Waals surface area contributed by atoms with E-state index in [4.69, 9.17) is 4.74 Å². The molecule has 2 unspecified atom stereocenters. The van der Waals surface area contributed by atoms with Crippen molar-refractivity contribution in [2.45, 2.75) is 91.2 Å². The first-order valence-electron chi connectivity index (χ1n) is 8.14. The van der Waals surface area contributed by atoms with Gasteiger partial charge >= 0.3 is 0 Å². The van der Waals surface area contributed by atoms with Gasteiger partial charge in [0.15, 0.2) is 0 Å². The molecule has 0 radical (unpaired) electrons. The van der Waals surface area contributed by atoms with Crippen LogP contribution in [0, 0.1) is 0 Å². The van der Waals surface area contributed by atoms with E-state index in [-0.39, 0.29) is 0 Å². The molecule has 0 aliphatic rings. The molecule has 2 nitrogen and oxygen atoms in total. The van der Waals surface area contributed by atoms with E-state index in [1.807, 2.05) is 0 Å². The molecule has 0 fully saturated rings. The lowest BCUT2D eigenvalue weighted by atomic mass is 9.99. The lowest BCUT2D eigenvalue weighted by Crippen LogP contribution is -2.41. The second kappa shape index (κ2) is 13.4. The van der Waals surface area contributed by atoms with Crippen molar-refractivity contribution in [3.05, 3.63) is 0 Å². The lowest BCUT2D eigenvalue weighted by Gasteiger charge is -2.27. The van der Waals surface area contributed by atoms with Gasteiger partial charge in [-0.05, 0) is 26.3 Å². The maximum Gasteiger partial charge on any atom is 0.0727 e. The Balaban J connectivity index is 3.98. The lowest BCUT2D eigenvalue weighted by molar-refractivity contribution is 0.0256. The molecule has 0 amide bonds. The molecule has 0 saturated heterocycles. The first kappa shape index (κ1) is 17.9. The molecule has 0 bridgehead atoms. The van der Waals surface area contributed by atoms with Gasteiger partial charge in [0.2, 0.25) is 0 Å². The van der Waals surface area contributed by atoms with Crippen molar-refractivity contribution in [2.75, 3.05) is 13.2 Å². The number of unbranched alkanes of at least 4 members (excludes halogenated alkanes) is 4. The first-order chi connectivity index (χ1) is 8.79. The molecule has 2 heteroatoms. The summed E-state index contributed by atoms with van der Waals surface area (Å²) in [5.41, 5.74) is 0. The van der Waals surface area contributed by atoms with Crippen molar-refractivity contribution in [3.63, 3.8) is 0 Å². The van der Waals surface area contributed by atoms with Crippen LogP contribution in [0.3, 0.4) is 0 Å². The predicted octanol–water partition coefficient (Wildman–Crippen LogP) is 4.53. The van der Waals surface area contributed by atoms with Crippen LogP contribution in [0.4, 0.5) is 0 Å². The molecule has 0 aliphatic heterocycles. The van der Waals surface area contributed by atoms with Crippen LogP contribution in [0.25, 0.3) is 0 Å². The van der Waals surface area contributed by atoms with Gasteiger partial charge in [-0.25, -0.2) is 0 Å². The monoisotopic (exact) mass is 257 g/mol. The fourth-order valence-electron chi connectivity index (χ4n) is 2.55. The Morgan fingerprint density at radius 3 is 2.11 bits per heavy atom. The SMILES string of the molecule is CCCCCCCC(NCC)C(CCC)OCC. The van der Waals surface area contributed by atoms with E-state index in [0.29, 0.717) is 12.1 Å². The Bertz CT molecular complexity index is 155. The van der Waals surface area contributed by atoms with Gasteiger partial charge in [0.25, 0.3) is 0 Å². The molecule has 0 spiro atoms. The van der Waals surface area contributed by atoms with Crippen molar-refractivity contribution in [1.82, 2.24) is 5.32 Å². The van der Waals surface area contributed by atoms with E-state index < -0.39 is 0 Å². The number of likely N-dealkylation sites (N-methyl/N-ethyl adjacent to an activating group) is 1. The minimum Gasteiger partial charge on any atom is -0.377 e. The summed E-state index contributed by atoms with van der Waals surface area (Å²) in [6.45, 7) is 10.7. The summed E-state index contributed by atoms with van der Waals surface area (Å²) in [4.78, 5) is 0. The van der Waals surface area contributed by atoms with Crippen LogP contribution in [0.1, 0.15) is 79.1 Å². The Kier molecular flexibility index (Phi) is 13.3. The average Bonchev–Trinajstić information content (AvgIpc) is 2.37. The van der Waals surface area contributed by atoms with Crippen LogP contribution < -0.4 is 5.32 Å². The summed E-state index contributed by atoms with van der Waals surface area (Å²) in [6.07, 6.45) is 10.9. The minimum absolute atomic E-state index is 0.408. The van der Waals surface area contributed by atoms with Crippen LogP contribution in [-0.4, -0.2) is 25.3 Å². The molecule has 2 atom stereocenters. The standard InChI is InChI=1S/C16H35NO/c1-5-9-10-11-12-14-15(17-7-3)16(13-6-2)18-8-4/h15-17H,5-14H2,1-4H3. The molecule has 0 aromatic carbocycles. The van der Waals surface area contributed by atoms with Gasteiger partial charge in [-0.3, -0.25) is 0 Å². The Morgan fingerprint density at radius 1 is 0.833 bits per heavy atom. The zero-order valence-corrected chi connectivity index (χ0v) is 13.1. The van der Waals surface area contributed by atoms with Crippen LogP contribution in [0.15, 0.2) is 0 Å². The van der Waals surface area contributed by atoms with Crippen LogP contribution in [0.5, 0.6) is 0 Å².